The summed E-state index contributed by atoms with van der Waals surface area (Å²) in [5, 5.41) is 0.899. The molecule has 1 aliphatic heterocycles. The second-order valence-electron chi connectivity index (χ2n) is 4.57. The topological polar surface area (TPSA) is 74.4 Å². The number of nitrogen functional groups attached to an aromatic ring is 1. The normalized spacial score (nSPS) is 17.5. The fourth-order valence-corrected chi connectivity index (χ4v) is 2.51. The van der Waals surface area contributed by atoms with Gasteiger partial charge in [-0.25, -0.2) is 9.78 Å². The van der Waals surface area contributed by atoms with E-state index in [1.54, 1.807) is 18.2 Å². The number of fused-ring (bicyclic) bond motifs is 3. The molecule has 0 saturated carbocycles. The molecular weight excluding hydrogens is 244 g/mol. The fraction of sp³-hybridized carbons (Fsp3) is 0.286. The number of pyridine rings is 1. The minimum atomic E-state index is -0.362. The molecule has 1 aromatic carbocycles. The van der Waals surface area contributed by atoms with Crippen LogP contribution in [0.1, 0.15) is 34.5 Å². The lowest BCUT2D eigenvalue weighted by molar-refractivity contribution is 0.0601. The van der Waals surface area contributed by atoms with E-state index in [1.165, 1.54) is 7.11 Å². The van der Waals surface area contributed by atoms with E-state index >= 15 is 0 Å². The van der Waals surface area contributed by atoms with Crippen molar-refractivity contribution in [3.63, 3.8) is 0 Å². The summed E-state index contributed by atoms with van der Waals surface area (Å²) in [6.45, 7) is 2.43. The molecule has 2 heterocycles. The Balaban J connectivity index is 2.28. The maximum atomic E-state index is 11.6. The molecule has 2 aromatic rings. The van der Waals surface area contributed by atoms with Crippen LogP contribution in [-0.2, 0) is 16.1 Å². The smallest absolute Gasteiger partial charge is 0.337 e. The SMILES string of the molecule is COC(=O)c1ccc2nc(N)c3c(c2c1)COC3C. The first-order valence-electron chi connectivity index (χ1n) is 6.03. The molecule has 19 heavy (non-hydrogen) atoms. The van der Waals surface area contributed by atoms with E-state index in [1.807, 2.05) is 6.92 Å². The van der Waals surface area contributed by atoms with E-state index in [9.17, 15) is 4.79 Å². The second kappa shape index (κ2) is 4.20. The van der Waals surface area contributed by atoms with Crippen molar-refractivity contribution in [3.8, 4) is 0 Å². The van der Waals surface area contributed by atoms with Crippen molar-refractivity contribution in [2.75, 3.05) is 12.8 Å². The van der Waals surface area contributed by atoms with E-state index in [0.717, 1.165) is 22.0 Å². The molecule has 98 valence electrons. The number of aromatic nitrogens is 1. The Kier molecular flexibility index (Phi) is 2.64. The van der Waals surface area contributed by atoms with E-state index in [4.69, 9.17) is 15.2 Å². The Morgan fingerprint density at radius 1 is 1.53 bits per heavy atom. The van der Waals surface area contributed by atoms with Gasteiger partial charge in [-0.15, -0.1) is 0 Å². The van der Waals surface area contributed by atoms with Crippen molar-refractivity contribution in [1.82, 2.24) is 4.98 Å². The molecule has 0 spiro atoms. The molecular formula is C14H14N2O3. The first-order valence-corrected chi connectivity index (χ1v) is 6.03. The Hall–Kier alpha value is -2.14. The van der Waals surface area contributed by atoms with Crippen LogP contribution < -0.4 is 5.73 Å². The zero-order valence-corrected chi connectivity index (χ0v) is 10.8. The van der Waals surface area contributed by atoms with Crippen molar-refractivity contribution in [3.05, 3.63) is 34.9 Å². The number of anilines is 1. The predicted octanol–water partition coefficient (Wildman–Crippen LogP) is 2.19. The molecule has 0 bridgehead atoms. The first kappa shape index (κ1) is 11.9. The van der Waals surface area contributed by atoms with Crippen molar-refractivity contribution < 1.29 is 14.3 Å². The molecule has 2 N–H and O–H groups in total. The van der Waals surface area contributed by atoms with Crippen molar-refractivity contribution >= 4 is 22.7 Å². The molecule has 1 aromatic heterocycles. The standard InChI is InChI=1S/C14H14N2O3/c1-7-12-10(6-19-7)9-5-8(14(17)18-2)3-4-11(9)16-13(12)15/h3-5,7H,6H2,1-2H3,(H2,15,16). The third-order valence-corrected chi connectivity index (χ3v) is 3.47. The summed E-state index contributed by atoms with van der Waals surface area (Å²) in [6, 6.07) is 5.25. The number of hydrogen-bond acceptors (Lipinski definition) is 5. The van der Waals surface area contributed by atoms with Crippen molar-refractivity contribution in [2.24, 2.45) is 0 Å². The molecule has 1 aliphatic rings. The summed E-state index contributed by atoms with van der Waals surface area (Å²) in [6.07, 6.45) is -0.0614. The Morgan fingerprint density at radius 2 is 2.32 bits per heavy atom. The van der Waals surface area contributed by atoms with Crippen molar-refractivity contribution in [2.45, 2.75) is 19.6 Å². The number of benzene rings is 1. The van der Waals surface area contributed by atoms with Crippen LogP contribution >= 0.6 is 0 Å². The zero-order valence-electron chi connectivity index (χ0n) is 10.8. The Morgan fingerprint density at radius 3 is 3.05 bits per heavy atom. The monoisotopic (exact) mass is 258 g/mol. The van der Waals surface area contributed by atoms with Gasteiger partial charge in [-0.2, -0.15) is 0 Å². The molecule has 0 aliphatic carbocycles. The molecule has 1 atom stereocenters. The number of carbonyl (C=O) groups is 1. The van der Waals surface area contributed by atoms with Gasteiger partial charge in [-0.3, -0.25) is 0 Å². The summed E-state index contributed by atoms with van der Waals surface area (Å²) < 4.78 is 10.3. The second-order valence-corrected chi connectivity index (χ2v) is 4.57. The number of nitrogens with zero attached hydrogens (tertiary/aromatic N) is 1. The van der Waals surface area contributed by atoms with Crippen LogP contribution in [0.3, 0.4) is 0 Å². The molecule has 5 heteroatoms. The van der Waals surface area contributed by atoms with Gasteiger partial charge in [0.05, 0.1) is 30.9 Å². The zero-order chi connectivity index (χ0) is 13.6. The van der Waals surface area contributed by atoms with Gasteiger partial charge in [0, 0.05) is 10.9 Å². The Bertz CT molecular complexity index is 682. The van der Waals surface area contributed by atoms with Gasteiger partial charge in [-0.05, 0) is 30.7 Å². The highest BCUT2D eigenvalue weighted by Gasteiger charge is 2.25. The number of carbonyl (C=O) groups excluding carboxylic acids is 1. The highest BCUT2D eigenvalue weighted by molar-refractivity contribution is 5.96. The van der Waals surface area contributed by atoms with Crippen LogP contribution in [0.2, 0.25) is 0 Å². The molecule has 0 fully saturated rings. The molecule has 1 unspecified atom stereocenters. The van der Waals surface area contributed by atoms with Crippen LogP contribution in [0.15, 0.2) is 18.2 Å². The summed E-state index contributed by atoms with van der Waals surface area (Å²) in [5.41, 5.74) is 9.18. The number of hydrogen-bond donors (Lipinski definition) is 1. The van der Waals surface area contributed by atoms with Gasteiger partial charge in [0.1, 0.15) is 5.82 Å². The number of methoxy groups -OCH3 is 1. The van der Waals surface area contributed by atoms with Crippen LogP contribution in [0.25, 0.3) is 10.9 Å². The minimum absolute atomic E-state index is 0.0614. The third kappa shape index (κ3) is 1.74. The van der Waals surface area contributed by atoms with Gasteiger partial charge in [-0.1, -0.05) is 0 Å². The lowest BCUT2D eigenvalue weighted by Crippen LogP contribution is -2.04. The van der Waals surface area contributed by atoms with Crippen LogP contribution in [0, 0.1) is 0 Å². The maximum absolute atomic E-state index is 11.6. The quantitative estimate of drug-likeness (QED) is 0.794. The van der Waals surface area contributed by atoms with Gasteiger partial charge in [0.2, 0.25) is 0 Å². The number of esters is 1. The van der Waals surface area contributed by atoms with Crippen LogP contribution in [-0.4, -0.2) is 18.1 Å². The van der Waals surface area contributed by atoms with Gasteiger partial charge < -0.3 is 15.2 Å². The third-order valence-electron chi connectivity index (χ3n) is 3.47. The Labute approximate surface area is 110 Å². The molecule has 0 amide bonds. The fourth-order valence-electron chi connectivity index (χ4n) is 2.51. The summed E-state index contributed by atoms with van der Waals surface area (Å²) >= 11 is 0. The highest BCUT2D eigenvalue weighted by Crippen LogP contribution is 2.38. The molecule has 0 radical (unpaired) electrons. The first-order chi connectivity index (χ1) is 9.11. The summed E-state index contributed by atoms with van der Waals surface area (Å²) in [7, 11) is 1.36. The van der Waals surface area contributed by atoms with Crippen LogP contribution in [0.5, 0.6) is 0 Å². The minimum Gasteiger partial charge on any atom is -0.465 e. The van der Waals surface area contributed by atoms with E-state index < -0.39 is 0 Å². The number of nitrogens with two attached hydrogens (primary N) is 1. The van der Waals surface area contributed by atoms with Crippen LogP contribution in [0.4, 0.5) is 5.82 Å². The maximum Gasteiger partial charge on any atom is 0.337 e. The highest BCUT2D eigenvalue weighted by atomic mass is 16.5. The summed E-state index contributed by atoms with van der Waals surface area (Å²) in [5.74, 6) is 0.137. The number of rotatable bonds is 1. The van der Waals surface area contributed by atoms with Gasteiger partial charge in [0.25, 0.3) is 0 Å². The average molecular weight is 258 g/mol. The van der Waals surface area contributed by atoms with E-state index in [-0.39, 0.29) is 12.1 Å². The van der Waals surface area contributed by atoms with Gasteiger partial charge >= 0.3 is 5.97 Å². The van der Waals surface area contributed by atoms with Crippen molar-refractivity contribution in [1.29, 1.82) is 0 Å². The van der Waals surface area contributed by atoms with Gasteiger partial charge in [0.15, 0.2) is 0 Å². The number of ether oxygens (including phenoxy) is 2. The predicted molar refractivity (Wildman–Crippen MR) is 70.7 cm³/mol. The molecule has 0 saturated heterocycles. The summed E-state index contributed by atoms with van der Waals surface area (Å²) in [4.78, 5) is 16.0. The van der Waals surface area contributed by atoms with E-state index in [2.05, 4.69) is 4.98 Å². The largest absolute Gasteiger partial charge is 0.465 e. The lowest BCUT2D eigenvalue weighted by atomic mass is 10.0. The molecule has 3 rings (SSSR count). The average Bonchev–Trinajstić information content (AvgIpc) is 2.81. The molecule has 5 nitrogen and oxygen atoms in total. The van der Waals surface area contributed by atoms with E-state index in [0.29, 0.717) is 18.0 Å². The lowest BCUT2D eigenvalue weighted by Gasteiger charge is -2.10.